The lowest BCUT2D eigenvalue weighted by atomic mass is 10.2. The first-order valence-electron chi connectivity index (χ1n) is 5.78. The zero-order chi connectivity index (χ0) is 11.7. The molecule has 2 atom stereocenters. The molecule has 1 aromatic rings. The summed E-state index contributed by atoms with van der Waals surface area (Å²) >= 11 is 5.89. The Labute approximate surface area is 102 Å². The van der Waals surface area contributed by atoms with Crippen LogP contribution in [0.4, 0.5) is 5.69 Å². The molecular formula is C13H19ClN2. The van der Waals surface area contributed by atoms with Crippen LogP contribution in [0.1, 0.15) is 18.9 Å². The van der Waals surface area contributed by atoms with Gasteiger partial charge in [0.05, 0.1) is 10.7 Å². The lowest BCUT2D eigenvalue weighted by molar-refractivity contribution is 0.307. The summed E-state index contributed by atoms with van der Waals surface area (Å²) in [7, 11) is 2.16. The standard InChI is InChI=1S/C13H19ClN2/c1-9-5-11(9)8-16(2)7-10-3-4-12(14)13(15)6-10/h3-4,6,9,11H,5,7-8,15H2,1-2H3. The van der Waals surface area contributed by atoms with Crippen LogP contribution in [0.3, 0.4) is 0 Å². The minimum Gasteiger partial charge on any atom is -0.398 e. The van der Waals surface area contributed by atoms with Crippen LogP contribution in [0.2, 0.25) is 5.02 Å². The van der Waals surface area contributed by atoms with Crippen molar-refractivity contribution in [2.75, 3.05) is 19.3 Å². The van der Waals surface area contributed by atoms with Crippen LogP contribution in [-0.4, -0.2) is 18.5 Å². The van der Waals surface area contributed by atoms with Gasteiger partial charge < -0.3 is 10.6 Å². The molecule has 0 amide bonds. The molecule has 2 rings (SSSR count). The molecule has 0 heterocycles. The molecule has 0 aromatic heterocycles. The molecule has 0 bridgehead atoms. The number of benzene rings is 1. The highest BCUT2D eigenvalue weighted by Crippen LogP contribution is 2.38. The number of nitrogens with two attached hydrogens (primary N) is 1. The van der Waals surface area contributed by atoms with E-state index in [4.69, 9.17) is 17.3 Å². The highest BCUT2D eigenvalue weighted by Gasteiger charge is 2.32. The largest absolute Gasteiger partial charge is 0.398 e. The van der Waals surface area contributed by atoms with Crippen molar-refractivity contribution in [2.24, 2.45) is 11.8 Å². The topological polar surface area (TPSA) is 29.3 Å². The molecule has 1 fully saturated rings. The van der Waals surface area contributed by atoms with E-state index in [0.717, 1.165) is 18.4 Å². The zero-order valence-electron chi connectivity index (χ0n) is 9.91. The zero-order valence-corrected chi connectivity index (χ0v) is 10.7. The summed E-state index contributed by atoms with van der Waals surface area (Å²) in [6, 6.07) is 5.89. The fraction of sp³-hybridized carbons (Fsp3) is 0.538. The number of rotatable bonds is 4. The van der Waals surface area contributed by atoms with Gasteiger partial charge in [0.1, 0.15) is 0 Å². The third-order valence-electron chi connectivity index (χ3n) is 3.34. The number of anilines is 1. The van der Waals surface area contributed by atoms with Gasteiger partial charge in [0.2, 0.25) is 0 Å². The lowest BCUT2D eigenvalue weighted by Gasteiger charge is -2.16. The van der Waals surface area contributed by atoms with E-state index in [1.54, 1.807) is 0 Å². The van der Waals surface area contributed by atoms with Gasteiger partial charge in [0.25, 0.3) is 0 Å². The molecule has 3 heteroatoms. The molecule has 1 aromatic carbocycles. The first-order chi connectivity index (χ1) is 7.56. The van der Waals surface area contributed by atoms with Gasteiger partial charge in [-0.1, -0.05) is 24.6 Å². The van der Waals surface area contributed by atoms with Gasteiger partial charge in [-0.05, 0) is 43.0 Å². The molecule has 2 N–H and O–H groups in total. The van der Waals surface area contributed by atoms with E-state index in [1.165, 1.54) is 18.5 Å². The first-order valence-corrected chi connectivity index (χ1v) is 6.16. The maximum absolute atomic E-state index is 5.89. The smallest absolute Gasteiger partial charge is 0.0635 e. The van der Waals surface area contributed by atoms with Gasteiger partial charge in [-0.15, -0.1) is 0 Å². The maximum Gasteiger partial charge on any atom is 0.0635 e. The van der Waals surface area contributed by atoms with Crippen LogP contribution in [-0.2, 0) is 6.54 Å². The number of nitrogens with zero attached hydrogens (tertiary/aromatic N) is 1. The van der Waals surface area contributed by atoms with Gasteiger partial charge in [-0.3, -0.25) is 0 Å². The van der Waals surface area contributed by atoms with Crippen molar-refractivity contribution in [1.29, 1.82) is 0 Å². The van der Waals surface area contributed by atoms with Crippen molar-refractivity contribution in [3.8, 4) is 0 Å². The SMILES string of the molecule is CC1CC1CN(C)Cc1ccc(Cl)c(N)c1. The summed E-state index contributed by atoms with van der Waals surface area (Å²) in [5.41, 5.74) is 7.69. The Bertz CT molecular complexity index is 378. The van der Waals surface area contributed by atoms with Crippen molar-refractivity contribution in [1.82, 2.24) is 4.90 Å². The Morgan fingerprint density at radius 3 is 2.75 bits per heavy atom. The van der Waals surface area contributed by atoms with Gasteiger partial charge >= 0.3 is 0 Å². The van der Waals surface area contributed by atoms with Gasteiger partial charge in [-0.2, -0.15) is 0 Å². The van der Waals surface area contributed by atoms with E-state index in [2.05, 4.69) is 18.9 Å². The quantitative estimate of drug-likeness (QED) is 0.818. The normalized spacial score (nSPS) is 23.8. The average molecular weight is 239 g/mol. The van der Waals surface area contributed by atoms with E-state index in [0.29, 0.717) is 10.7 Å². The second-order valence-corrected chi connectivity index (χ2v) is 5.43. The predicted molar refractivity (Wildman–Crippen MR) is 69.5 cm³/mol. The van der Waals surface area contributed by atoms with Gasteiger partial charge in [-0.25, -0.2) is 0 Å². The number of hydrogen-bond acceptors (Lipinski definition) is 2. The van der Waals surface area contributed by atoms with E-state index in [1.807, 2.05) is 18.2 Å². The van der Waals surface area contributed by atoms with Crippen LogP contribution in [0.5, 0.6) is 0 Å². The molecule has 2 unspecified atom stereocenters. The second kappa shape index (κ2) is 4.64. The van der Waals surface area contributed by atoms with Crippen LogP contribution in [0, 0.1) is 11.8 Å². The third-order valence-corrected chi connectivity index (χ3v) is 3.68. The van der Waals surface area contributed by atoms with E-state index < -0.39 is 0 Å². The Balaban J connectivity index is 1.90. The summed E-state index contributed by atoms with van der Waals surface area (Å²) < 4.78 is 0. The van der Waals surface area contributed by atoms with Crippen LogP contribution >= 0.6 is 11.6 Å². The molecule has 88 valence electrons. The summed E-state index contributed by atoms with van der Waals surface area (Å²) in [6.07, 6.45) is 1.38. The summed E-state index contributed by atoms with van der Waals surface area (Å²) in [5.74, 6) is 1.81. The van der Waals surface area contributed by atoms with Crippen molar-refractivity contribution < 1.29 is 0 Å². The molecule has 0 aliphatic heterocycles. The Morgan fingerprint density at radius 1 is 1.50 bits per heavy atom. The minimum atomic E-state index is 0.641. The fourth-order valence-electron chi connectivity index (χ4n) is 2.12. The predicted octanol–water partition coefficient (Wildman–Crippen LogP) is 3.01. The molecular weight excluding hydrogens is 220 g/mol. The Hall–Kier alpha value is -0.730. The van der Waals surface area contributed by atoms with E-state index in [9.17, 15) is 0 Å². The fourth-order valence-corrected chi connectivity index (χ4v) is 2.24. The molecule has 1 saturated carbocycles. The average Bonchev–Trinajstić information content (AvgIpc) is 2.88. The van der Waals surface area contributed by atoms with Crippen molar-refractivity contribution >= 4 is 17.3 Å². The molecule has 0 saturated heterocycles. The summed E-state index contributed by atoms with van der Waals surface area (Å²) in [4.78, 5) is 2.36. The molecule has 1 aliphatic rings. The maximum atomic E-state index is 5.89. The van der Waals surface area contributed by atoms with Crippen molar-refractivity contribution in [3.05, 3.63) is 28.8 Å². The molecule has 0 radical (unpaired) electrons. The van der Waals surface area contributed by atoms with Crippen molar-refractivity contribution in [3.63, 3.8) is 0 Å². The van der Waals surface area contributed by atoms with Gasteiger partial charge in [0.15, 0.2) is 0 Å². The van der Waals surface area contributed by atoms with Gasteiger partial charge in [0, 0.05) is 13.1 Å². The second-order valence-electron chi connectivity index (χ2n) is 5.03. The Kier molecular flexibility index (Phi) is 3.41. The summed E-state index contributed by atoms with van der Waals surface area (Å²) in [5, 5.41) is 0.641. The van der Waals surface area contributed by atoms with Crippen LogP contribution < -0.4 is 5.73 Å². The molecule has 16 heavy (non-hydrogen) atoms. The van der Waals surface area contributed by atoms with Crippen LogP contribution in [0.15, 0.2) is 18.2 Å². The highest BCUT2D eigenvalue weighted by atomic mass is 35.5. The number of hydrogen-bond donors (Lipinski definition) is 1. The van der Waals surface area contributed by atoms with Crippen molar-refractivity contribution in [2.45, 2.75) is 19.9 Å². The molecule has 0 spiro atoms. The van der Waals surface area contributed by atoms with Crippen LogP contribution in [0.25, 0.3) is 0 Å². The number of halogens is 1. The minimum absolute atomic E-state index is 0.641. The van der Waals surface area contributed by atoms with E-state index in [-0.39, 0.29) is 0 Å². The third kappa shape index (κ3) is 2.89. The first kappa shape index (κ1) is 11.7. The monoisotopic (exact) mass is 238 g/mol. The molecule has 2 nitrogen and oxygen atoms in total. The summed E-state index contributed by atoms with van der Waals surface area (Å²) in [6.45, 7) is 4.45. The molecule has 1 aliphatic carbocycles. The lowest BCUT2D eigenvalue weighted by Crippen LogP contribution is -2.20. The highest BCUT2D eigenvalue weighted by molar-refractivity contribution is 6.33. The Morgan fingerprint density at radius 2 is 2.19 bits per heavy atom. The number of nitrogen functional groups attached to an aromatic ring is 1. The van der Waals surface area contributed by atoms with E-state index >= 15 is 0 Å².